The maximum Gasteiger partial charge on any atom is 0.303 e. The van der Waals surface area contributed by atoms with Gasteiger partial charge in [-0.2, -0.15) is 23.5 Å². The molecule has 2 saturated carbocycles. The maximum absolute atomic E-state index is 15.3. The van der Waals surface area contributed by atoms with Gasteiger partial charge in [-0.15, -0.1) is 0 Å². The minimum Gasteiger partial charge on any atom is -0.481 e. The molecular weight excluding hydrogens is 1650 g/mol. The van der Waals surface area contributed by atoms with Gasteiger partial charge in [0.1, 0.15) is 78.5 Å². The average molecular weight is 1780 g/mol. The molecule has 1 aromatic carbocycles. The van der Waals surface area contributed by atoms with E-state index >= 15 is 28.8 Å². The zero-order valence-electron chi connectivity index (χ0n) is 73.1. The molecule has 2 aliphatic carbocycles. The first-order chi connectivity index (χ1) is 58.8. The van der Waals surface area contributed by atoms with Crippen molar-refractivity contribution in [2.24, 2.45) is 34.8 Å². The van der Waals surface area contributed by atoms with E-state index in [1.807, 2.05) is 25.1 Å². The molecule has 5 unspecified atom stereocenters. The normalized spacial score (nSPS) is 31.4. The van der Waals surface area contributed by atoms with Crippen LogP contribution in [0.1, 0.15) is 215 Å². The molecule has 6 aliphatic rings. The van der Waals surface area contributed by atoms with Crippen molar-refractivity contribution in [3.8, 4) is 0 Å². The number of carbonyl (C=O) groups excluding carboxylic acids is 14. The number of primary amides is 1. The summed E-state index contributed by atoms with van der Waals surface area (Å²) in [7, 11) is 0. The van der Waals surface area contributed by atoms with Crippen LogP contribution in [0.3, 0.4) is 0 Å². The maximum atomic E-state index is 15.3. The molecule has 696 valence electrons. The topological polar surface area (TPSA) is 588 Å². The highest BCUT2D eigenvalue weighted by molar-refractivity contribution is 7.98. The predicted octanol–water partition coefficient (Wildman–Crippen LogP) is -2.23. The molecule has 5 fully saturated rings. The molecule has 124 heavy (non-hydrogen) atoms. The van der Waals surface area contributed by atoms with E-state index in [0.717, 1.165) is 24.0 Å². The third-order valence-electron chi connectivity index (χ3n) is 23.9. The molecule has 7 rings (SSSR count). The van der Waals surface area contributed by atoms with E-state index in [-0.39, 0.29) is 111 Å². The SMILES string of the molecule is CCC[C@H](NC(C)=O)C(=O)N[C@H]1CSCc2cccc(c2)CSC[C@@H](C(N)=O)NC(=O)C([C@@H](C)O)NC(=O)[C@H](CCC)NC(=O)[C@H](CC2CCC(O)CC2)NC(=O)[C@H](CCC(=O)O)NC(=O)[C@H](CCC)NC(=O)[C@H](CC2CNC3NCCCC23)NC(=O)[C@H]([C@@H](C)O)NC(=O)[C@H](CC2CNCN2)NC(=O)[C@H](CC2CCC(O)CC2)NC(=O)[C@H](C(C)(C)C)NC1=O. The van der Waals surface area contributed by atoms with Crippen LogP contribution in [-0.2, 0) is 83.4 Å². The number of rotatable bonds is 23. The summed E-state index contributed by atoms with van der Waals surface area (Å²) in [4.78, 5) is 217. The van der Waals surface area contributed by atoms with Gasteiger partial charge in [0.2, 0.25) is 82.7 Å². The third-order valence-corrected chi connectivity index (χ3v) is 26.1. The number of aliphatic carboxylic acids is 1. The lowest BCUT2D eigenvalue weighted by Crippen LogP contribution is -2.63. The van der Waals surface area contributed by atoms with Gasteiger partial charge in [-0.1, -0.05) is 85.1 Å². The number of hydrogen-bond donors (Lipinski definition) is 23. The number of amides is 14. The first-order valence-corrected chi connectivity index (χ1v) is 46.4. The largest absolute Gasteiger partial charge is 0.481 e. The van der Waals surface area contributed by atoms with E-state index in [9.17, 15) is 68.7 Å². The summed E-state index contributed by atoms with van der Waals surface area (Å²) in [6, 6.07) is -12.4. The summed E-state index contributed by atoms with van der Waals surface area (Å²) < 4.78 is 0. The zero-order chi connectivity index (χ0) is 91.1. The first kappa shape index (κ1) is 103. The van der Waals surface area contributed by atoms with E-state index in [0.29, 0.717) is 84.1 Å². The number of benzene rings is 1. The summed E-state index contributed by atoms with van der Waals surface area (Å²) in [6.07, 6.45) is -0.365. The third kappa shape index (κ3) is 33.1. The standard InChI is InChI=1S/C84H138N18O20S2/c1-10-15-56(90-46(6)105)72(111)99-65-42-124-40-50-19-13-18-49(32-50)39-123-41-64(70(85)110)98-82(121)68(45(5)104)100-75(114)58(17-12-3)92-76(115)60(33-47-21-25-53(106)26-22-47)94-74(113)59(29-30-66(108)109)93-73(112)57(16-11-2)91-78(117)62(35-51-37-88-71-55(51)20-14-31-87-71)96-81(120)67(44(4)103)101-79(118)63(36-52-38-86-43-89-52)95-77(116)61(34-48-23-27-54(107)28-24-48)97-83(122)69(84(7,8)9)102-80(65)119/h13,18-19,32,44-45,47-48,51-65,67-69,71,86-89,103-104,106-107H,10-12,14-17,20-31,33-43H2,1-9H3,(H2,85,110)(H,90,105)(H,91,117)(H,92,115)(H,93,112)(H,94,113)(H,95,116)(H,96,120)(H,97,122)(H,98,121)(H,99,111)(H,100,114)(H,101,118)(H,102,119)(H,108,109)/t44-,45-,47?,48?,51?,52?,53?,54?,55?,56+,57+,58+,59+,60+,61+,62+,63+,64+,65+,67+,68?,69-,71?/m1/s1. The van der Waals surface area contributed by atoms with Crippen LogP contribution in [0.25, 0.3) is 0 Å². The minimum absolute atomic E-state index is 0.00510. The van der Waals surface area contributed by atoms with Crippen LogP contribution in [0.4, 0.5) is 0 Å². The molecule has 19 atom stereocenters. The van der Waals surface area contributed by atoms with Gasteiger partial charge in [0.15, 0.2) is 0 Å². The molecule has 14 amide bonds. The molecule has 4 aliphatic heterocycles. The Bertz CT molecular complexity index is 3770. The van der Waals surface area contributed by atoms with Crippen molar-refractivity contribution in [3.63, 3.8) is 0 Å². The highest BCUT2D eigenvalue weighted by Gasteiger charge is 2.45. The van der Waals surface area contributed by atoms with Gasteiger partial charge in [0, 0.05) is 55.6 Å². The smallest absolute Gasteiger partial charge is 0.303 e. The second kappa shape index (κ2) is 50.9. The monoisotopic (exact) mass is 1780 g/mol. The molecule has 1 aromatic rings. The predicted molar refractivity (Wildman–Crippen MR) is 463 cm³/mol. The highest BCUT2D eigenvalue weighted by atomic mass is 32.2. The van der Waals surface area contributed by atoms with Crippen LogP contribution in [-0.4, -0.2) is 267 Å². The summed E-state index contributed by atoms with van der Waals surface area (Å²) in [5, 5.41) is 102. The van der Waals surface area contributed by atoms with E-state index in [2.05, 4.69) is 90.4 Å². The van der Waals surface area contributed by atoms with Gasteiger partial charge >= 0.3 is 5.97 Å². The van der Waals surface area contributed by atoms with Crippen molar-refractivity contribution >= 4 is 112 Å². The number of nitrogens with one attached hydrogen (secondary N) is 17. The highest BCUT2D eigenvalue weighted by Crippen LogP contribution is 2.34. The van der Waals surface area contributed by atoms with Gasteiger partial charge in [0.25, 0.3) is 0 Å². The quantitative estimate of drug-likeness (QED) is 0.0551. The lowest BCUT2D eigenvalue weighted by molar-refractivity contribution is -0.139. The zero-order valence-corrected chi connectivity index (χ0v) is 74.7. The van der Waals surface area contributed by atoms with Crippen LogP contribution in [0, 0.1) is 29.1 Å². The van der Waals surface area contributed by atoms with E-state index in [1.54, 1.807) is 40.7 Å². The van der Waals surface area contributed by atoms with Crippen molar-refractivity contribution in [2.75, 3.05) is 37.8 Å². The molecule has 0 spiro atoms. The number of aliphatic hydroxyl groups is 4. The Balaban J connectivity index is 1.28. The first-order valence-electron chi connectivity index (χ1n) is 44.1. The summed E-state index contributed by atoms with van der Waals surface area (Å²) in [5.41, 5.74) is 6.26. The lowest BCUT2D eigenvalue weighted by Gasteiger charge is -2.35. The van der Waals surface area contributed by atoms with Crippen LogP contribution in [0.2, 0.25) is 0 Å². The van der Waals surface area contributed by atoms with E-state index in [1.165, 1.54) is 44.3 Å². The second-order valence-corrected chi connectivity index (χ2v) is 37.4. The van der Waals surface area contributed by atoms with Gasteiger partial charge in [0.05, 0.1) is 30.6 Å². The fourth-order valence-electron chi connectivity index (χ4n) is 16.9. The van der Waals surface area contributed by atoms with Crippen LogP contribution >= 0.6 is 23.5 Å². The molecular formula is C84H138N18O20S2. The number of nitrogens with two attached hydrogens (primary N) is 1. The van der Waals surface area contributed by atoms with Gasteiger partial charge in [-0.05, 0) is 183 Å². The number of carboxylic acids is 1. The number of piperidine rings is 1. The summed E-state index contributed by atoms with van der Waals surface area (Å²) in [5.74, 6) is -14.2. The number of hydrogen-bond acceptors (Lipinski definition) is 25. The van der Waals surface area contributed by atoms with E-state index in [4.69, 9.17) is 5.73 Å². The molecule has 40 heteroatoms. The van der Waals surface area contributed by atoms with Gasteiger partial charge in [-0.3, -0.25) is 71.9 Å². The number of carboxylic acid groups (broad SMARTS) is 1. The minimum atomic E-state index is -1.83. The molecule has 4 heterocycles. The Morgan fingerprint density at radius 2 is 1.00 bits per heavy atom. The Morgan fingerprint density at radius 3 is 1.48 bits per heavy atom. The number of thioether (sulfide) groups is 2. The molecule has 38 nitrogen and oxygen atoms in total. The van der Waals surface area contributed by atoms with Gasteiger partial charge in [-0.25, -0.2) is 0 Å². The van der Waals surface area contributed by atoms with Crippen molar-refractivity contribution < 1.29 is 97.5 Å². The van der Waals surface area contributed by atoms with Gasteiger partial charge < -0.3 is 122 Å². The summed E-state index contributed by atoms with van der Waals surface area (Å²) >= 11 is 2.46. The summed E-state index contributed by atoms with van der Waals surface area (Å²) in [6.45, 7) is 15.7. The van der Waals surface area contributed by atoms with Crippen molar-refractivity contribution in [1.82, 2.24) is 90.4 Å². The molecule has 0 radical (unpaired) electrons. The lowest BCUT2D eigenvalue weighted by atomic mass is 9.82. The van der Waals surface area contributed by atoms with E-state index < -0.39 is 216 Å². The Hall–Kier alpha value is -8.35. The molecule has 3 saturated heterocycles. The number of fused-ring (bicyclic) bond motifs is 3. The van der Waals surface area contributed by atoms with Crippen LogP contribution in [0.15, 0.2) is 24.3 Å². The molecule has 0 aromatic heterocycles. The molecule has 24 N–H and O–H groups in total. The Labute approximate surface area is 734 Å². The number of carbonyl (C=O) groups is 15. The Kier molecular flexibility index (Phi) is 42.1. The Morgan fingerprint density at radius 1 is 0.532 bits per heavy atom. The molecule has 2 bridgehead atoms. The van der Waals surface area contributed by atoms with Crippen molar-refractivity contribution in [2.45, 2.75) is 330 Å². The van der Waals surface area contributed by atoms with Crippen molar-refractivity contribution in [3.05, 3.63) is 35.4 Å². The second-order valence-electron chi connectivity index (χ2n) is 35.3. The fourth-order valence-corrected chi connectivity index (χ4v) is 18.9. The number of aliphatic hydroxyl groups excluding tert-OH is 4. The van der Waals surface area contributed by atoms with Crippen LogP contribution in [0.5, 0.6) is 0 Å². The van der Waals surface area contributed by atoms with Crippen molar-refractivity contribution in [1.29, 1.82) is 0 Å². The van der Waals surface area contributed by atoms with Crippen LogP contribution < -0.4 is 96.1 Å². The fraction of sp³-hybridized carbons (Fsp3) is 0.750. The average Bonchev–Trinajstić information content (AvgIpc) is 1.78.